The number of carbonyl (C=O) groups excluding carboxylic acids is 1. The van der Waals surface area contributed by atoms with Crippen molar-refractivity contribution >= 4 is 17.7 Å². The van der Waals surface area contributed by atoms with E-state index < -0.39 is 0 Å². The van der Waals surface area contributed by atoms with Gasteiger partial charge in [0.1, 0.15) is 17.7 Å². The SMILES string of the molecule is CN1C[C@@H](Nc2nc(N3CCC(Oc4ccc(F)cc4)CC3)nc3c2OCC3)CCC1=O. The second-order valence-electron chi connectivity index (χ2n) is 8.66. The number of nitrogens with zero attached hydrogens (tertiary/aromatic N) is 4. The number of halogens is 1. The molecule has 2 saturated heterocycles. The van der Waals surface area contributed by atoms with Gasteiger partial charge in [-0.15, -0.1) is 0 Å². The predicted molar refractivity (Wildman–Crippen MR) is 118 cm³/mol. The zero-order valence-corrected chi connectivity index (χ0v) is 18.2. The second-order valence-corrected chi connectivity index (χ2v) is 8.66. The van der Waals surface area contributed by atoms with Crippen molar-refractivity contribution in [1.82, 2.24) is 14.9 Å². The zero-order valence-electron chi connectivity index (χ0n) is 18.2. The van der Waals surface area contributed by atoms with Gasteiger partial charge in [-0.25, -0.2) is 9.37 Å². The van der Waals surface area contributed by atoms with Crippen LogP contribution >= 0.6 is 0 Å². The minimum absolute atomic E-state index is 0.0855. The van der Waals surface area contributed by atoms with E-state index in [4.69, 9.17) is 19.4 Å². The van der Waals surface area contributed by atoms with E-state index in [1.54, 1.807) is 17.0 Å². The third-order valence-corrected chi connectivity index (χ3v) is 6.32. The molecule has 1 atom stereocenters. The maximum atomic E-state index is 13.1. The van der Waals surface area contributed by atoms with Crippen molar-refractivity contribution in [3.63, 3.8) is 0 Å². The van der Waals surface area contributed by atoms with Crippen LogP contribution in [0.25, 0.3) is 0 Å². The number of nitrogens with one attached hydrogen (secondary N) is 1. The minimum atomic E-state index is -0.263. The summed E-state index contributed by atoms with van der Waals surface area (Å²) in [6.07, 6.45) is 3.86. The highest BCUT2D eigenvalue weighted by Crippen LogP contribution is 2.34. The molecule has 0 radical (unpaired) electrons. The molecule has 2 aromatic rings. The molecule has 3 aliphatic heterocycles. The number of benzene rings is 1. The van der Waals surface area contributed by atoms with E-state index in [1.807, 2.05) is 7.05 Å². The summed E-state index contributed by atoms with van der Waals surface area (Å²) in [5, 5.41) is 3.51. The highest BCUT2D eigenvalue weighted by Gasteiger charge is 2.29. The number of likely N-dealkylation sites (tertiary alicyclic amines) is 1. The van der Waals surface area contributed by atoms with Crippen LogP contribution in [0.4, 0.5) is 16.2 Å². The van der Waals surface area contributed by atoms with Crippen LogP contribution in [0.2, 0.25) is 0 Å². The fraction of sp³-hybridized carbons (Fsp3) is 0.522. The quantitative estimate of drug-likeness (QED) is 0.764. The van der Waals surface area contributed by atoms with Crippen LogP contribution in [0.15, 0.2) is 24.3 Å². The van der Waals surface area contributed by atoms with Gasteiger partial charge in [0, 0.05) is 58.4 Å². The van der Waals surface area contributed by atoms with Crippen LogP contribution in [0.5, 0.6) is 11.5 Å². The Morgan fingerprint density at radius 1 is 1.12 bits per heavy atom. The summed E-state index contributed by atoms with van der Waals surface area (Å²) in [5.41, 5.74) is 0.933. The average Bonchev–Trinajstić information content (AvgIpc) is 3.27. The first-order valence-electron chi connectivity index (χ1n) is 11.3. The van der Waals surface area contributed by atoms with E-state index >= 15 is 0 Å². The topological polar surface area (TPSA) is 79.8 Å². The average molecular weight is 442 g/mol. The molecule has 170 valence electrons. The molecule has 0 bridgehead atoms. The van der Waals surface area contributed by atoms with Crippen LogP contribution in [0.1, 0.15) is 31.4 Å². The van der Waals surface area contributed by atoms with E-state index in [2.05, 4.69) is 10.2 Å². The van der Waals surface area contributed by atoms with Crippen LogP contribution < -0.4 is 19.7 Å². The first kappa shape index (κ1) is 20.8. The molecular formula is C23H28FN5O3. The molecule has 2 fully saturated rings. The van der Waals surface area contributed by atoms with Gasteiger partial charge in [0.15, 0.2) is 11.6 Å². The summed E-state index contributed by atoms with van der Waals surface area (Å²) in [6.45, 7) is 2.83. The number of rotatable bonds is 5. The number of aromatic nitrogens is 2. The van der Waals surface area contributed by atoms with Crippen LogP contribution in [0, 0.1) is 5.82 Å². The van der Waals surface area contributed by atoms with Crippen molar-refractivity contribution in [3.05, 3.63) is 35.8 Å². The van der Waals surface area contributed by atoms with Crippen molar-refractivity contribution < 1.29 is 18.7 Å². The van der Waals surface area contributed by atoms with Crippen LogP contribution in [-0.4, -0.2) is 66.2 Å². The summed E-state index contributed by atoms with van der Waals surface area (Å²) in [5.74, 6) is 2.78. The third-order valence-electron chi connectivity index (χ3n) is 6.32. The number of ether oxygens (including phenoxy) is 2. The molecular weight excluding hydrogens is 413 g/mol. The Morgan fingerprint density at radius 3 is 2.66 bits per heavy atom. The zero-order chi connectivity index (χ0) is 22.1. The van der Waals surface area contributed by atoms with Crippen molar-refractivity contribution in [2.45, 2.75) is 44.2 Å². The first-order valence-corrected chi connectivity index (χ1v) is 11.3. The molecule has 1 aromatic carbocycles. The molecule has 4 heterocycles. The Kier molecular flexibility index (Phi) is 5.71. The van der Waals surface area contributed by atoms with Crippen LogP contribution in [-0.2, 0) is 11.2 Å². The Morgan fingerprint density at radius 2 is 1.91 bits per heavy atom. The molecule has 3 aliphatic rings. The molecule has 0 saturated carbocycles. The second kappa shape index (κ2) is 8.80. The number of likely N-dealkylation sites (N-methyl/N-ethyl adjacent to an activating group) is 1. The third kappa shape index (κ3) is 4.42. The molecule has 9 heteroatoms. The minimum Gasteiger partial charge on any atom is -0.490 e. The largest absolute Gasteiger partial charge is 0.490 e. The van der Waals surface area contributed by atoms with Gasteiger partial charge in [0.25, 0.3) is 0 Å². The lowest BCUT2D eigenvalue weighted by Gasteiger charge is -2.33. The van der Waals surface area contributed by atoms with E-state index in [0.717, 1.165) is 56.0 Å². The smallest absolute Gasteiger partial charge is 0.227 e. The fourth-order valence-electron chi connectivity index (χ4n) is 4.50. The van der Waals surface area contributed by atoms with Gasteiger partial charge >= 0.3 is 0 Å². The van der Waals surface area contributed by atoms with E-state index in [-0.39, 0.29) is 23.9 Å². The van der Waals surface area contributed by atoms with Crippen molar-refractivity contribution in [2.24, 2.45) is 0 Å². The Bertz CT molecular complexity index is 978. The summed E-state index contributed by atoms with van der Waals surface area (Å²) in [4.78, 5) is 25.4. The molecule has 1 amide bonds. The number of carbonyl (C=O) groups is 1. The molecule has 1 aromatic heterocycles. The maximum absolute atomic E-state index is 13.1. The van der Waals surface area contributed by atoms with E-state index in [1.165, 1.54) is 12.1 Å². The van der Waals surface area contributed by atoms with Gasteiger partial charge in [-0.3, -0.25) is 4.79 Å². The number of hydrogen-bond donors (Lipinski definition) is 1. The lowest BCUT2D eigenvalue weighted by atomic mass is 10.1. The van der Waals surface area contributed by atoms with Gasteiger partial charge in [-0.05, 0) is 30.7 Å². The number of piperidine rings is 2. The molecule has 32 heavy (non-hydrogen) atoms. The van der Waals surface area contributed by atoms with Gasteiger partial charge in [0.2, 0.25) is 11.9 Å². The summed E-state index contributed by atoms with van der Waals surface area (Å²) in [7, 11) is 1.83. The Hall–Kier alpha value is -3.10. The number of amides is 1. The van der Waals surface area contributed by atoms with Crippen molar-refractivity contribution in [2.75, 3.05) is 43.5 Å². The fourth-order valence-corrected chi connectivity index (χ4v) is 4.50. The van der Waals surface area contributed by atoms with Gasteiger partial charge in [-0.2, -0.15) is 4.98 Å². The van der Waals surface area contributed by atoms with Crippen molar-refractivity contribution in [3.8, 4) is 11.5 Å². The van der Waals surface area contributed by atoms with Gasteiger partial charge < -0.3 is 24.6 Å². The van der Waals surface area contributed by atoms with Gasteiger partial charge in [-0.1, -0.05) is 0 Å². The summed E-state index contributed by atoms with van der Waals surface area (Å²) >= 11 is 0. The van der Waals surface area contributed by atoms with Crippen molar-refractivity contribution in [1.29, 1.82) is 0 Å². The van der Waals surface area contributed by atoms with E-state index in [9.17, 15) is 9.18 Å². The van der Waals surface area contributed by atoms with Crippen LogP contribution in [0.3, 0.4) is 0 Å². The number of fused-ring (bicyclic) bond motifs is 1. The normalized spacial score (nSPS) is 21.3. The lowest BCUT2D eigenvalue weighted by molar-refractivity contribution is -0.132. The number of anilines is 2. The summed E-state index contributed by atoms with van der Waals surface area (Å²) < 4.78 is 24.9. The first-order chi connectivity index (χ1) is 15.5. The molecule has 5 rings (SSSR count). The predicted octanol–water partition coefficient (Wildman–Crippen LogP) is 2.63. The molecule has 0 spiro atoms. The molecule has 0 aliphatic carbocycles. The molecule has 8 nitrogen and oxygen atoms in total. The van der Waals surface area contributed by atoms with Gasteiger partial charge in [0.05, 0.1) is 12.3 Å². The molecule has 1 N–H and O–H groups in total. The van der Waals surface area contributed by atoms with E-state index in [0.29, 0.717) is 31.3 Å². The standard InChI is InChI=1S/C23H28FN5O3/c1-28-14-16(4-7-20(28)30)25-22-21-19(10-13-31-21)26-23(27-22)29-11-8-18(9-12-29)32-17-5-2-15(24)3-6-17/h2-3,5-6,16,18H,4,7-14H2,1H3,(H,25,26,27)/t16-/m0/s1. The maximum Gasteiger partial charge on any atom is 0.227 e. The molecule has 0 unspecified atom stereocenters. The monoisotopic (exact) mass is 441 g/mol. The highest BCUT2D eigenvalue weighted by molar-refractivity contribution is 5.77. The Balaban J connectivity index is 1.26. The Labute approximate surface area is 186 Å². The highest BCUT2D eigenvalue weighted by atomic mass is 19.1. The number of hydrogen-bond acceptors (Lipinski definition) is 7. The summed E-state index contributed by atoms with van der Waals surface area (Å²) in [6, 6.07) is 6.31. The lowest BCUT2D eigenvalue weighted by Crippen LogP contribution is -2.43.